The molecule has 5 heteroatoms. The molecule has 2 aliphatic rings. The highest BCUT2D eigenvalue weighted by Gasteiger charge is 2.57. The van der Waals surface area contributed by atoms with Crippen LogP contribution < -0.4 is 0 Å². The summed E-state index contributed by atoms with van der Waals surface area (Å²) < 4.78 is 38.3. The molecule has 25 heavy (non-hydrogen) atoms. The van der Waals surface area contributed by atoms with E-state index in [1.807, 2.05) is 13.0 Å². The lowest BCUT2D eigenvalue weighted by atomic mass is 10.0. The lowest BCUT2D eigenvalue weighted by molar-refractivity contribution is -0.247. The molecule has 0 bridgehead atoms. The van der Waals surface area contributed by atoms with Gasteiger partial charge in [-0.15, -0.1) is 0 Å². The quantitative estimate of drug-likeness (QED) is 0.728. The third kappa shape index (κ3) is 3.90. The standard InChI is InChI=1S/C20H29FO4/c1-5-6-11-16-17(22-12-14-9-7-8-10-15(14)21)18-19(23-16)25-20(4,24-18)13(2)3/h7-10,13,16-19H,5-6,11-12H2,1-4H3/t16-,17+,18-,19-,20?/m1/s1. The minimum atomic E-state index is -0.676. The average Bonchev–Trinajstić information content (AvgIpc) is 3.06. The Labute approximate surface area is 149 Å². The third-order valence-electron chi connectivity index (χ3n) is 5.27. The zero-order valence-corrected chi connectivity index (χ0v) is 15.5. The molecule has 1 aromatic rings. The first-order chi connectivity index (χ1) is 11.9. The van der Waals surface area contributed by atoms with Gasteiger partial charge < -0.3 is 18.9 Å². The van der Waals surface area contributed by atoms with E-state index in [-0.39, 0.29) is 36.7 Å². The summed E-state index contributed by atoms with van der Waals surface area (Å²) in [5.74, 6) is -0.730. The number of unbranched alkanes of at least 4 members (excludes halogenated alkanes) is 1. The lowest BCUT2D eigenvalue weighted by Crippen LogP contribution is -2.40. The second kappa shape index (κ2) is 7.70. The molecule has 0 spiro atoms. The van der Waals surface area contributed by atoms with Crippen LogP contribution >= 0.6 is 0 Å². The predicted octanol–water partition coefficient (Wildman–Crippen LogP) is 4.41. The van der Waals surface area contributed by atoms with Gasteiger partial charge in [0.15, 0.2) is 12.1 Å². The van der Waals surface area contributed by atoms with Crippen molar-refractivity contribution < 1.29 is 23.3 Å². The number of hydrogen-bond donors (Lipinski definition) is 0. The molecule has 2 fully saturated rings. The van der Waals surface area contributed by atoms with Crippen molar-refractivity contribution in [2.45, 2.75) is 84.0 Å². The molecule has 0 N–H and O–H groups in total. The Bertz CT molecular complexity index is 579. The van der Waals surface area contributed by atoms with Crippen LogP contribution in [0.3, 0.4) is 0 Å². The molecule has 0 aromatic heterocycles. The van der Waals surface area contributed by atoms with Gasteiger partial charge in [0.25, 0.3) is 0 Å². The Morgan fingerprint density at radius 3 is 2.68 bits per heavy atom. The molecule has 1 aromatic carbocycles. The lowest BCUT2D eigenvalue weighted by Gasteiger charge is -2.31. The molecule has 0 aliphatic carbocycles. The number of benzene rings is 1. The van der Waals surface area contributed by atoms with Crippen LogP contribution in [0.2, 0.25) is 0 Å². The maximum absolute atomic E-state index is 13.9. The highest BCUT2D eigenvalue weighted by atomic mass is 19.1. The Balaban J connectivity index is 1.71. The monoisotopic (exact) mass is 352 g/mol. The van der Waals surface area contributed by atoms with E-state index in [1.54, 1.807) is 12.1 Å². The van der Waals surface area contributed by atoms with Crippen molar-refractivity contribution in [1.82, 2.24) is 0 Å². The minimum Gasteiger partial charge on any atom is -0.368 e. The van der Waals surface area contributed by atoms with Gasteiger partial charge in [-0.25, -0.2) is 4.39 Å². The second-order valence-corrected chi connectivity index (χ2v) is 7.42. The SMILES string of the molecule is CCCC[C@H]1O[C@@H]2OC(C)(C(C)C)O[C@@H]2[C@H]1OCc1ccccc1F. The fourth-order valence-corrected chi connectivity index (χ4v) is 3.35. The van der Waals surface area contributed by atoms with Gasteiger partial charge in [0, 0.05) is 11.5 Å². The van der Waals surface area contributed by atoms with Crippen molar-refractivity contribution in [2.75, 3.05) is 0 Å². The molecule has 5 atom stereocenters. The van der Waals surface area contributed by atoms with E-state index in [1.165, 1.54) is 6.07 Å². The zero-order chi connectivity index (χ0) is 18.0. The Kier molecular flexibility index (Phi) is 5.78. The van der Waals surface area contributed by atoms with Crippen LogP contribution in [0.15, 0.2) is 24.3 Å². The summed E-state index contributed by atoms with van der Waals surface area (Å²) in [6.45, 7) is 8.41. The van der Waals surface area contributed by atoms with Gasteiger partial charge in [0.05, 0.1) is 12.7 Å². The first-order valence-electron chi connectivity index (χ1n) is 9.30. The topological polar surface area (TPSA) is 36.9 Å². The Morgan fingerprint density at radius 2 is 2.00 bits per heavy atom. The number of ether oxygens (including phenoxy) is 4. The molecular formula is C20H29FO4. The van der Waals surface area contributed by atoms with Gasteiger partial charge in [-0.3, -0.25) is 0 Å². The summed E-state index contributed by atoms with van der Waals surface area (Å²) in [4.78, 5) is 0. The van der Waals surface area contributed by atoms with Crippen LogP contribution in [-0.2, 0) is 25.6 Å². The van der Waals surface area contributed by atoms with E-state index >= 15 is 0 Å². The molecule has 2 saturated heterocycles. The van der Waals surface area contributed by atoms with Crippen LogP contribution in [0, 0.1) is 11.7 Å². The molecule has 140 valence electrons. The van der Waals surface area contributed by atoms with Crippen LogP contribution in [0.25, 0.3) is 0 Å². The second-order valence-electron chi connectivity index (χ2n) is 7.42. The summed E-state index contributed by atoms with van der Waals surface area (Å²) in [7, 11) is 0. The van der Waals surface area contributed by atoms with Gasteiger partial charge in [0.1, 0.15) is 18.0 Å². The van der Waals surface area contributed by atoms with E-state index in [9.17, 15) is 4.39 Å². The van der Waals surface area contributed by atoms with Crippen molar-refractivity contribution in [2.24, 2.45) is 5.92 Å². The molecule has 4 nitrogen and oxygen atoms in total. The van der Waals surface area contributed by atoms with Crippen molar-refractivity contribution in [1.29, 1.82) is 0 Å². The molecule has 3 rings (SSSR count). The summed E-state index contributed by atoms with van der Waals surface area (Å²) in [5.41, 5.74) is 0.547. The third-order valence-corrected chi connectivity index (χ3v) is 5.27. The van der Waals surface area contributed by atoms with E-state index in [4.69, 9.17) is 18.9 Å². The van der Waals surface area contributed by atoms with Gasteiger partial charge in [0.2, 0.25) is 0 Å². The van der Waals surface area contributed by atoms with Gasteiger partial charge >= 0.3 is 0 Å². The van der Waals surface area contributed by atoms with Crippen molar-refractivity contribution in [3.05, 3.63) is 35.6 Å². The van der Waals surface area contributed by atoms with Crippen LogP contribution in [0.4, 0.5) is 4.39 Å². The summed E-state index contributed by atoms with van der Waals surface area (Å²) in [6.07, 6.45) is 1.98. The molecular weight excluding hydrogens is 323 g/mol. The van der Waals surface area contributed by atoms with E-state index in [0.29, 0.717) is 5.56 Å². The molecule has 0 saturated carbocycles. The number of rotatable bonds is 7. The smallest absolute Gasteiger partial charge is 0.190 e. The van der Waals surface area contributed by atoms with Gasteiger partial charge in [-0.1, -0.05) is 51.8 Å². The molecule has 1 unspecified atom stereocenters. The Morgan fingerprint density at radius 1 is 1.24 bits per heavy atom. The maximum atomic E-state index is 13.9. The number of fused-ring (bicyclic) bond motifs is 1. The molecule has 2 aliphatic heterocycles. The summed E-state index contributed by atoms with van der Waals surface area (Å²) in [5, 5.41) is 0. The highest BCUT2D eigenvalue weighted by molar-refractivity contribution is 5.16. The van der Waals surface area contributed by atoms with Crippen LogP contribution in [0.5, 0.6) is 0 Å². The number of halogens is 1. The number of hydrogen-bond acceptors (Lipinski definition) is 4. The van der Waals surface area contributed by atoms with Crippen LogP contribution in [-0.4, -0.2) is 30.4 Å². The average molecular weight is 352 g/mol. The zero-order valence-electron chi connectivity index (χ0n) is 15.5. The van der Waals surface area contributed by atoms with E-state index < -0.39 is 12.1 Å². The van der Waals surface area contributed by atoms with Crippen molar-refractivity contribution in [3.8, 4) is 0 Å². The van der Waals surface area contributed by atoms with Crippen LogP contribution in [0.1, 0.15) is 52.5 Å². The van der Waals surface area contributed by atoms with Crippen molar-refractivity contribution >= 4 is 0 Å². The van der Waals surface area contributed by atoms with E-state index in [2.05, 4.69) is 20.8 Å². The minimum absolute atomic E-state index is 0.0848. The predicted molar refractivity (Wildman–Crippen MR) is 92.4 cm³/mol. The van der Waals surface area contributed by atoms with Gasteiger partial charge in [-0.05, 0) is 19.4 Å². The first kappa shape index (κ1) is 18.8. The Hall–Kier alpha value is -1.01. The normalized spacial score (nSPS) is 34.6. The largest absolute Gasteiger partial charge is 0.368 e. The van der Waals surface area contributed by atoms with Crippen molar-refractivity contribution in [3.63, 3.8) is 0 Å². The van der Waals surface area contributed by atoms with Gasteiger partial charge in [-0.2, -0.15) is 0 Å². The maximum Gasteiger partial charge on any atom is 0.190 e. The highest BCUT2D eigenvalue weighted by Crippen LogP contribution is 2.43. The molecule has 0 amide bonds. The first-order valence-corrected chi connectivity index (χ1v) is 9.30. The van der Waals surface area contributed by atoms with E-state index in [0.717, 1.165) is 19.3 Å². The summed E-state index contributed by atoms with van der Waals surface area (Å²) >= 11 is 0. The molecule has 0 radical (unpaired) electrons. The fraction of sp³-hybridized carbons (Fsp3) is 0.700. The fourth-order valence-electron chi connectivity index (χ4n) is 3.35. The molecule has 2 heterocycles. The summed E-state index contributed by atoms with van der Waals surface area (Å²) in [6, 6.07) is 6.69.